The van der Waals surface area contributed by atoms with Crippen LogP contribution in [0, 0.1) is 5.92 Å². The fourth-order valence-corrected chi connectivity index (χ4v) is 3.09. The monoisotopic (exact) mass is 292 g/mol. The highest BCUT2D eigenvalue weighted by atomic mass is 19.4. The molecule has 0 radical (unpaired) electrons. The van der Waals surface area contributed by atoms with E-state index in [0.717, 1.165) is 37.0 Å². The fourth-order valence-electron chi connectivity index (χ4n) is 3.09. The van der Waals surface area contributed by atoms with Crippen molar-refractivity contribution in [2.45, 2.75) is 50.7 Å². The molecule has 1 heterocycles. The van der Waals surface area contributed by atoms with Gasteiger partial charge in [0, 0.05) is 6.54 Å². The topological polar surface area (TPSA) is 49.4 Å². The van der Waals surface area contributed by atoms with E-state index < -0.39 is 31.1 Å². The van der Waals surface area contributed by atoms with Gasteiger partial charge in [-0.15, -0.1) is 0 Å². The van der Waals surface area contributed by atoms with Crippen LogP contribution in [0.15, 0.2) is 0 Å². The van der Waals surface area contributed by atoms with Crippen LogP contribution in [0.5, 0.6) is 0 Å². The summed E-state index contributed by atoms with van der Waals surface area (Å²) in [5.41, 5.74) is 0. The second kappa shape index (κ2) is 6.01. The maximum Gasteiger partial charge on any atom is 0.390 e. The maximum atomic E-state index is 12.4. The van der Waals surface area contributed by atoms with Crippen molar-refractivity contribution in [3.8, 4) is 0 Å². The Morgan fingerprint density at radius 1 is 1.15 bits per heavy atom. The van der Waals surface area contributed by atoms with Crippen molar-refractivity contribution in [3.63, 3.8) is 0 Å². The fraction of sp³-hybridized carbons (Fsp3) is 0.846. The van der Waals surface area contributed by atoms with E-state index in [9.17, 15) is 22.8 Å². The minimum atomic E-state index is -4.31. The molecular formula is C13H19F3N2O2. The van der Waals surface area contributed by atoms with Gasteiger partial charge in [-0.3, -0.25) is 9.59 Å². The molecule has 1 atom stereocenters. The van der Waals surface area contributed by atoms with E-state index in [1.807, 2.05) is 0 Å². The molecule has 1 aliphatic carbocycles. The Kier molecular flexibility index (Phi) is 4.55. The Labute approximate surface area is 115 Å². The number of nitrogens with one attached hydrogen (secondary N) is 1. The summed E-state index contributed by atoms with van der Waals surface area (Å²) in [6, 6.07) is -0.723. The van der Waals surface area contributed by atoms with Crippen LogP contribution in [0.2, 0.25) is 0 Å². The van der Waals surface area contributed by atoms with Gasteiger partial charge in [0.05, 0.1) is 13.0 Å². The summed E-state index contributed by atoms with van der Waals surface area (Å²) in [5.74, 6) is -0.732. The third-order valence-electron chi connectivity index (χ3n) is 4.07. The number of alkyl halides is 3. The van der Waals surface area contributed by atoms with Crippen LogP contribution in [0.25, 0.3) is 0 Å². The third-order valence-corrected chi connectivity index (χ3v) is 4.07. The first-order chi connectivity index (χ1) is 9.38. The van der Waals surface area contributed by atoms with Crippen molar-refractivity contribution < 1.29 is 22.8 Å². The lowest BCUT2D eigenvalue weighted by Crippen LogP contribution is -2.61. The van der Waals surface area contributed by atoms with Gasteiger partial charge in [0.2, 0.25) is 11.8 Å². The van der Waals surface area contributed by atoms with E-state index in [0.29, 0.717) is 0 Å². The molecule has 0 spiro atoms. The summed E-state index contributed by atoms with van der Waals surface area (Å²) in [6.07, 6.45) is -0.755. The zero-order chi connectivity index (χ0) is 14.8. The van der Waals surface area contributed by atoms with Crippen molar-refractivity contribution in [3.05, 3.63) is 0 Å². The summed E-state index contributed by atoms with van der Waals surface area (Å²) < 4.78 is 37.1. The number of amides is 2. The molecule has 1 saturated heterocycles. The highest BCUT2D eigenvalue weighted by molar-refractivity contribution is 5.95. The van der Waals surface area contributed by atoms with Crippen LogP contribution in [0.4, 0.5) is 13.2 Å². The first kappa shape index (κ1) is 15.1. The first-order valence-electron chi connectivity index (χ1n) is 7.02. The van der Waals surface area contributed by atoms with Gasteiger partial charge in [-0.05, 0) is 18.8 Å². The Morgan fingerprint density at radius 3 is 2.40 bits per heavy atom. The van der Waals surface area contributed by atoms with Gasteiger partial charge in [0.1, 0.15) is 6.04 Å². The number of rotatable bonds is 3. The molecule has 2 aliphatic rings. The molecule has 7 heteroatoms. The van der Waals surface area contributed by atoms with Crippen molar-refractivity contribution in [1.82, 2.24) is 10.2 Å². The number of carbonyl (C=O) groups is 2. The SMILES string of the molecule is O=C1NCC(=O)N(CCC(F)(F)F)C1C1CCCCC1. The normalized spacial score (nSPS) is 25.8. The van der Waals surface area contributed by atoms with Crippen LogP contribution >= 0.6 is 0 Å². The minimum absolute atomic E-state index is 0.0127. The smallest absolute Gasteiger partial charge is 0.345 e. The number of nitrogens with zero attached hydrogens (tertiary/aromatic N) is 1. The Morgan fingerprint density at radius 2 is 1.80 bits per heavy atom. The number of carbonyl (C=O) groups excluding carboxylic acids is 2. The average molecular weight is 292 g/mol. The van der Waals surface area contributed by atoms with Gasteiger partial charge in [-0.2, -0.15) is 13.2 Å². The Bertz CT molecular complexity index is 378. The standard InChI is InChI=1S/C13H19F3N2O2/c14-13(15,16)6-7-18-10(19)8-17-12(20)11(18)9-4-2-1-3-5-9/h9,11H,1-8H2,(H,17,20). The first-order valence-corrected chi connectivity index (χ1v) is 7.02. The summed E-state index contributed by atoms with van der Waals surface area (Å²) in [4.78, 5) is 25.0. The van der Waals surface area contributed by atoms with E-state index in [1.54, 1.807) is 0 Å². The van der Waals surface area contributed by atoms with Crippen LogP contribution in [0.1, 0.15) is 38.5 Å². The molecule has 2 amide bonds. The zero-order valence-corrected chi connectivity index (χ0v) is 11.2. The minimum Gasteiger partial charge on any atom is -0.345 e. The lowest BCUT2D eigenvalue weighted by molar-refractivity contribution is -0.157. The molecule has 1 unspecified atom stereocenters. The summed E-state index contributed by atoms with van der Waals surface area (Å²) >= 11 is 0. The number of piperazine rings is 1. The van der Waals surface area contributed by atoms with Gasteiger partial charge in [-0.1, -0.05) is 19.3 Å². The largest absolute Gasteiger partial charge is 0.390 e. The van der Waals surface area contributed by atoms with Crippen LogP contribution < -0.4 is 5.32 Å². The van der Waals surface area contributed by atoms with Crippen LogP contribution in [0.3, 0.4) is 0 Å². The van der Waals surface area contributed by atoms with E-state index in [2.05, 4.69) is 5.32 Å². The number of halogens is 3. The van der Waals surface area contributed by atoms with Crippen molar-refractivity contribution >= 4 is 11.8 Å². The molecule has 0 aromatic rings. The van der Waals surface area contributed by atoms with Gasteiger partial charge in [-0.25, -0.2) is 0 Å². The highest BCUT2D eigenvalue weighted by Crippen LogP contribution is 2.31. The Hall–Kier alpha value is -1.27. The van der Waals surface area contributed by atoms with E-state index in [-0.39, 0.29) is 18.4 Å². The third kappa shape index (κ3) is 3.64. The van der Waals surface area contributed by atoms with Crippen molar-refractivity contribution in [1.29, 1.82) is 0 Å². The lowest BCUT2D eigenvalue weighted by Gasteiger charge is -2.40. The molecule has 2 rings (SSSR count). The molecule has 2 fully saturated rings. The molecule has 1 saturated carbocycles. The molecule has 1 N–H and O–H groups in total. The van der Waals surface area contributed by atoms with Crippen LogP contribution in [-0.2, 0) is 9.59 Å². The van der Waals surface area contributed by atoms with Gasteiger partial charge in [0.25, 0.3) is 0 Å². The van der Waals surface area contributed by atoms with Gasteiger partial charge >= 0.3 is 6.18 Å². The highest BCUT2D eigenvalue weighted by Gasteiger charge is 2.41. The van der Waals surface area contributed by atoms with Gasteiger partial charge < -0.3 is 10.2 Å². The molecular weight excluding hydrogens is 273 g/mol. The molecule has 0 aromatic carbocycles. The number of hydrogen-bond acceptors (Lipinski definition) is 2. The van der Waals surface area contributed by atoms with E-state index in [4.69, 9.17) is 0 Å². The van der Waals surface area contributed by atoms with Gasteiger partial charge in [0.15, 0.2) is 0 Å². The van der Waals surface area contributed by atoms with Crippen molar-refractivity contribution in [2.75, 3.05) is 13.1 Å². The zero-order valence-electron chi connectivity index (χ0n) is 11.2. The summed E-state index contributed by atoms with van der Waals surface area (Å²) in [6.45, 7) is -0.614. The molecule has 0 bridgehead atoms. The molecule has 1 aliphatic heterocycles. The van der Waals surface area contributed by atoms with E-state index >= 15 is 0 Å². The lowest BCUT2D eigenvalue weighted by atomic mass is 9.82. The van der Waals surface area contributed by atoms with Crippen molar-refractivity contribution in [2.24, 2.45) is 5.92 Å². The van der Waals surface area contributed by atoms with E-state index in [1.165, 1.54) is 0 Å². The maximum absolute atomic E-state index is 12.4. The molecule has 114 valence electrons. The number of hydrogen-bond donors (Lipinski definition) is 1. The summed E-state index contributed by atoms with van der Waals surface area (Å²) in [7, 11) is 0. The second-order valence-corrected chi connectivity index (χ2v) is 5.51. The Balaban J connectivity index is 2.09. The quantitative estimate of drug-likeness (QED) is 0.863. The molecule has 20 heavy (non-hydrogen) atoms. The van der Waals surface area contributed by atoms with Crippen LogP contribution in [-0.4, -0.2) is 42.0 Å². The molecule has 0 aromatic heterocycles. The second-order valence-electron chi connectivity index (χ2n) is 5.51. The molecule has 4 nitrogen and oxygen atoms in total. The summed E-state index contributed by atoms with van der Waals surface area (Å²) in [5, 5.41) is 2.49. The predicted molar refractivity (Wildman–Crippen MR) is 65.8 cm³/mol. The predicted octanol–water partition coefficient (Wildman–Crippen LogP) is 1.85. The average Bonchev–Trinajstić information content (AvgIpc) is 2.39.